The summed E-state index contributed by atoms with van der Waals surface area (Å²) in [6, 6.07) is 6.44. The molecule has 0 bridgehead atoms. The Morgan fingerprint density at radius 2 is 1.76 bits per heavy atom. The molecule has 160 valence electrons. The first-order valence-electron chi connectivity index (χ1n) is 9.60. The summed E-state index contributed by atoms with van der Waals surface area (Å²) >= 11 is 0. The zero-order chi connectivity index (χ0) is 21.8. The minimum absolute atomic E-state index is 0.0630. The molecule has 1 saturated heterocycles. The molecule has 1 aliphatic heterocycles. The van der Waals surface area contributed by atoms with Crippen LogP contribution in [0.3, 0.4) is 0 Å². The molecule has 2 aromatic rings. The van der Waals surface area contributed by atoms with Gasteiger partial charge in [-0.1, -0.05) is 13.8 Å². The van der Waals surface area contributed by atoms with E-state index in [1.165, 1.54) is 11.0 Å². The second kappa shape index (κ2) is 9.54. The molecular formula is C21H27F4N3O. The second-order valence-electron chi connectivity index (χ2n) is 6.65. The number of hydrogen-bond acceptors (Lipinski definition) is 4. The first-order chi connectivity index (χ1) is 13.7. The minimum atomic E-state index is -4.46. The van der Waals surface area contributed by atoms with Gasteiger partial charge in [0.15, 0.2) is 6.10 Å². The highest BCUT2D eigenvalue weighted by Crippen LogP contribution is 2.34. The van der Waals surface area contributed by atoms with E-state index in [4.69, 9.17) is 10.5 Å². The van der Waals surface area contributed by atoms with Gasteiger partial charge in [0, 0.05) is 35.7 Å². The van der Waals surface area contributed by atoms with Gasteiger partial charge in [-0.3, -0.25) is 4.98 Å². The number of ether oxygens (including phenoxy) is 1. The summed E-state index contributed by atoms with van der Waals surface area (Å²) in [6.07, 6.45) is -6.35. The number of hydrogen-bond donors (Lipinski definition) is 1. The summed E-state index contributed by atoms with van der Waals surface area (Å²) in [7, 11) is 0. The molecule has 1 atom stereocenters. The number of rotatable bonds is 3. The van der Waals surface area contributed by atoms with E-state index in [9.17, 15) is 17.6 Å². The Labute approximate surface area is 168 Å². The lowest BCUT2D eigenvalue weighted by atomic mass is 9.97. The Hall–Kier alpha value is -2.19. The number of nitrogens with zero attached hydrogens (tertiary/aromatic N) is 2. The van der Waals surface area contributed by atoms with Crippen LogP contribution in [-0.4, -0.2) is 37.0 Å². The maximum absolute atomic E-state index is 15.0. The molecular weight excluding hydrogens is 386 g/mol. The second-order valence-corrected chi connectivity index (χ2v) is 6.65. The number of anilines is 1. The van der Waals surface area contributed by atoms with Crippen molar-refractivity contribution in [2.75, 3.05) is 24.6 Å². The van der Waals surface area contributed by atoms with Crippen LogP contribution in [0.4, 0.5) is 23.2 Å². The summed E-state index contributed by atoms with van der Waals surface area (Å²) in [5.41, 5.74) is 9.23. The molecule has 0 spiro atoms. The summed E-state index contributed by atoms with van der Waals surface area (Å²) in [6.45, 7) is 7.50. The maximum Gasteiger partial charge on any atom is 0.416 e. The lowest BCUT2D eigenvalue weighted by Gasteiger charge is -2.35. The van der Waals surface area contributed by atoms with Gasteiger partial charge in [0.05, 0.1) is 13.2 Å². The zero-order valence-corrected chi connectivity index (χ0v) is 17.1. The van der Waals surface area contributed by atoms with Gasteiger partial charge in [-0.25, -0.2) is 4.39 Å². The third kappa shape index (κ3) is 5.45. The van der Waals surface area contributed by atoms with Crippen molar-refractivity contribution < 1.29 is 22.3 Å². The van der Waals surface area contributed by atoms with Gasteiger partial charge >= 0.3 is 6.18 Å². The summed E-state index contributed by atoms with van der Waals surface area (Å²) in [4.78, 5) is 5.77. The highest BCUT2D eigenvalue weighted by molar-refractivity contribution is 5.72. The Balaban J connectivity index is 0.00000145. The van der Waals surface area contributed by atoms with Crippen LogP contribution in [0.5, 0.6) is 0 Å². The maximum atomic E-state index is 15.0. The fourth-order valence-corrected chi connectivity index (χ4v) is 3.38. The lowest BCUT2D eigenvalue weighted by Crippen LogP contribution is -2.49. The van der Waals surface area contributed by atoms with E-state index in [1.807, 2.05) is 27.7 Å². The summed E-state index contributed by atoms with van der Waals surface area (Å²) < 4.78 is 58.7. The molecule has 0 saturated carbocycles. The smallest absolute Gasteiger partial charge is 0.366 e. The molecule has 2 heterocycles. The van der Waals surface area contributed by atoms with E-state index in [1.54, 1.807) is 18.2 Å². The minimum Gasteiger partial charge on any atom is -0.366 e. The number of aromatic nitrogens is 1. The Bertz CT molecular complexity index is 819. The number of benzene rings is 1. The van der Waals surface area contributed by atoms with Gasteiger partial charge in [-0.05, 0) is 49.2 Å². The molecule has 1 fully saturated rings. The average molecular weight is 413 g/mol. The van der Waals surface area contributed by atoms with Crippen LogP contribution in [0.2, 0.25) is 0 Å². The van der Waals surface area contributed by atoms with Crippen LogP contribution in [0, 0.1) is 19.7 Å². The van der Waals surface area contributed by atoms with Gasteiger partial charge in [-0.2, -0.15) is 13.2 Å². The van der Waals surface area contributed by atoms with Gasteiger partial charge in [0.2, 0.25) is 0 Å². The van der Waals surface area contributed by atoms with Crippen molar-refractivity contribution in [2.45, 2.75) is 46.5 Å². The standard InChI is InChI=1S/C19H21F4N3O.C2H6/c1-11-5-13(6-12(2)25-11)18-14(9-24)7-15(8-16(18)20)26-3-4-27-17(10-26)19(21,22)23;1-2/h5-8,17H,3-4,9-10,24H2,1-2H3;1-2H3/t17-;/m0./s1. The van der Waals surface area contributed by atoms with Crippen LogP contribution in [0.1, 0.15) is 30.8 Å². The molecule has 4 nitrogen and oxygen atoms in total. The van der Waals surface area contributed by atoms with Crippen LogP contribution in [0.25, 0.3) is 11.1 Å². The van der Waals surface area contributed by atoms with Crippen molar-refractivity contribution in [1.82, 2.24) is 4.98 Å². The van der Waals surface area contributed by atoms with E-state index in [-0.39, 0.29) is 26.2 Å². The Kier molecular flexibility index (Phi) is 7.60. The predicted octanol–water partition coefficient (Wildman–Crippen LogP) is 4.76. The van der Waals surface area contributed by atoms with Crippen molar-refractivity contribution in [3.8, 4) is 11.1 Å². The zero-order valence-electron chi connectivity index (χ0n) is 17.1. The molecule has 0 unspecified atom stereocenters. The normalized spacial score (nSPS) is 17.0. The molecule has 2 N–H and O–H groups in total. The Morgan fingerprint density at radius 3 is 2.31 bits per heavy atom. The number of alkyl halides is 3. The number of aryl methyl sites for hydroxylation is 2. The van der Waals surface area contributed by atoms with Crippen LogP contribution in [-0.2, 0) is 11.3 Å². The molecule has 0 radical (unpaired) electrons. The van der Waals surface area contributed by atoms with Crippen molar-refractivity contribution in [3.05, 3.63) is 47.0 Å². The Morgan fingerprint density at radius 1 is 1.14 bits per heavy atom. The van der Waals surface area contributed by atoms with Crippen molar-refractivity contribution in [2.24, 2.45) is 5.73 Å². The molecule has 3 rings (SSSR count). The third-order valence-corrected chi connectivity index (χ3v) is 4.54. The number of morpholine rings is 1. The van der Waals surface area contributed by atoms with Gasteiger partial charge in [-0.15, -0.1) is 0 Å². The highest BCUT2D eigenvalue weighted by Gasteiger charge is 2.43. The van der Waals surface area contributed by atoms with Gasteiger partial charge in [0.1, 0.15) is 5.82 Å². The number of halogens is 4. The van der Waals surface area contributed by atoms with Gasteiger partial charge < -0.3 is 15.4 Å². The highest BCUT2D eigenvalue weighted by atomic mass is 19.4. The van der Waals surface area contributed by atoms with E-state index in [0.717, 1.165) is 11.4 Å². The SMILES string of the molecule is CC.Cc1cc(-c2c(F)cc(N3CCO[C@H](C(F)(F)F)C3)cc2CN)cc(C)n1. The molecule has 1 aromatic carbocycles. The van der Waals surface area contributed by atoms with E-state index >= 15 is 0 Å². The van der Waals surface area contributed by atoms with Crippen molar-refractivity contribution in [3.63, 3.8) is 0 Å². The first kappa shape index (κ1) is 23.1. The molecule has 0 aliphatic carbocycles. The molecule has 29 heavy (non-hydrogen) atoms. The number of pyridine rings is 1. The van der Waals surface area contributed by atoms with E-state index in [0.29, 0.717) is 22.4 Å². The number of nitrogens with two attached hydrogens (primary N) is 1. The van der Waals surface area contributed by atoms with Crippen molar-refractivity contribution in [1.29, 1.82) is 0 Å². The van der Waals surface area contributed by atoms with E-state index < -0.39 is 18.1 Å². The summed E-state index contributed by atoms with van der Waals surface area (Å²) in [5.74, 6) is -0.520. The quantitative estimate of drug-likeness (QED) is 0.738. The average Bonchev–Trinajstić information content (AvgIpc) is 2.67. The van der Waals surface area contributed by atoms with Crippen molar-refractivity contribution >= 4 is 5.69 Å². The molecule has 1 aliphatic rings. The van der Waals surface area contributed by atoms with Crippen LogP contribution >= 0.6 is 0 Å². The topological polar surface area (TPSA) is 51.4 Å². The fraction of sp³-hybridized carbons (Fsp3) is 0.476. The van der Waals surface area contributed by atoms with E-state index in [2.05, 4.69) is 4.98 Å². The largest absolute Gasteiger partial charge is 0.416 e. The van der Waals surface area contributed by atoms with Crippen LogP contribution < -0.4 is 10.6 Å². The monoisotopic (exact) mass is 413 g/mol. The molecule has 8 heteroatoms. The molecule has 1 aromatic heterocycles. The van der Waals surface area contributed by atoms with Gasteiger partial charge in [0.25, 0.3) is 0 Å². The lowest BCUT2D eigenvalue weighted by molar-refractivity contribution is -0.221. The summed E-state index contributed by atoms with van der Waals surface area (Å²) in [5, 5.41) is 0. The molecule has 0 amide bonds. The van der Waals surface area contributed by atoms with Crippen LogP contribution in [0.15, 0.2) is 24.3 Å². The predicted molar refractivity (Wildman–Crippen MR) is 106 cm³/mol. The fourth-order valence-electron chi connectivity index (χ4n) is 3.38. The first-order valence-corrected chi connectivity index (χ1v) is 9.60. The third-order valence-electron chi connectivity index (χ3n) is 4.54.